The van der Waals surface area contributed by atoms with E-state index >= 15 is 0 Å². The Morgan fingerprint density at radius 2 is 1.95 bits per heavy atom. The van der Waals surface area contributed by atoms with Crippen LogP contribution >= 0.6 is 0 Å². The van der Waals surface area contributed by atoms with Gasteiger partial charge in [-0.3, -0.25) is 0 Å². The van der Waals surface area contributed by atoms with Crippen molar-refractivity contribution in [1.29, 1.82) is 0 Å². The van der Waals surface area contributed by atoms with Crippen LogP contribution in [0.15, 0.2) is 24.3 Å². The second-order valence-corrected chi connectivity index (χ2v) is 7.65. The first kappa shape index (κ1) is 15.3. The summed E-state index contributed by atoms with van der Waals surface area (Å²) in [4.78, 5) is 12.3. The fraction of sp³-hybridized carbons (Fsp3) is 0.611. The largest absolute Gasteiger partial charge is 0.441 e. The molecule has 1 aromatic rings. The van der Waals surface area contributed by atoms with Crippen LogP contribution in [0.1, 0.15) is 50.8 Å². The van der Waals surface area contributed by atoms with E-state index in [1.807, 2.05) is 26.8 Å². The van der Waals surface area contributed by atoms with Crippen molar-refractivity contribution in [1.82, 2.24) is 10.6 Å². The molecule has 0 aromatic heterocycles. The van der Waals surface area contributed by atoms with Gasteiger partial charge in [-0.15, -0.1) is 0 Å². The normalized spacial score (nSPS) is 23.1. The van der Waals surface area contributed by atoms with E-state index in [1.54, 1.807) is 0 Å². The molecule has 0 unspecified atom stereocenters. The monoisotopic (exact) mass is 302 g/mol. The molecule has 3 rings (SSSR count). The quantitative estimate of drug-likeness (QED) is 0.837. The number of rotatable bonds is 1. The third-order valence-corrected chi connectivity index (χ3v) is 4.74. The number of carbonyl (C=O) groups excluding carboxylic acids is 1. The van der Waals surface area contributed by atoms with Crippen LogP contribution in [0.5, 0.6) is 0 Å². The molecule has 2 aliphatic rings. The lowest BCUT2D eigenvalue weighted by atomic mass is 9.74. The van der Waals surface area contributed by atoms with Crippen LogP contribution in [0.3, 0.4) is 0 Å². The predicted octanol–water partition coefficient (Wildman–Crippen LogP) is 3.18. The molecule has 4 heteroatoms. The fourth-order valence-corrected chi connectivity index (χ4v) is 3.75. The zero-order valence-corrected chi connectivity index (χ0v) is 13.7. The summed E-state index contributed by atoms with van der Waals surface area (Å²) in [6, 6.07) is 8.40. The van der Waals surface area contributed by atoms with E-state index in [4.69, 9.17) is 4.74 Å². The molecule has 1 aromatic carbocycles. The van der Waals surface area contributed by atoms with Crippen molar-refractivity contribution >= 4 is 6.09 Å². The molecule has 1 heterocycles. The van der Waals surface area contributed by atoms with E-state index < -0.39 is 0 Å². The van der Waals surface area contributed by atoms with Crippen LogP contribution in [0, 0.1) is 5.41 Å². The van der Waals surface area contributed by atoms with Crippen LogP contribution < -0.4 is 10.6 Å². The SMILES string of the molecule is CC(C)(C)NC(=O)O[C@@H]1c2ccccc2CC12CCNCC2. The van der Waals surface area contributed by atoms with E-state index in [1.165, 1.54) is 11.1 Å². The number of hydrogen-bond donors (Lipinski definition) is 2. The van der Waals surface area contributed by atoms with Crippen molar-refractivity contribution in [2.45, 2.75) is 51.7 Å². The van der Waals surface area contributed by atoms with Crippen molar-refractivity contribution in [3.05, 3.63) is 35.4 Å². The highest BCUT2D eigenvalue weighted by atomic mass is 16.6. The van der Waals surface area contributed by atoms with Crippen LogP contribution in [-0.2, 0) is 11.2 Å². The first-order valence-electron chi connectivity index (χ1n) is 8.17. The fourth-order valence-electron chi connectivity index (χ4n) is 3.75. The predicted molar refractivity (Wildman–Crippen MR) is 86.8 cm³/mol. The van der Waals surface area contributed by atoms with Crippen molar-refractivity contribution < 1.29 is 9.53 Å². The Morgan fingerprint density at radius 1 is 1.27 bits per heavy atom. The minimum Gasteiger partial charge on any atom is -0.441 e. The highest BCUT2D eigenvalue weighted by Crippen LogP contribution is 2.52. The molecular formula is C18H26N2O2. The molecule has 22 heavy (non-hydrogen) atoms. The number of carbonyl (C=O) groups is 1. The van der Waals surface area contributed by atoms with Crippen LogP contribution in [0.4, 0.5) is 4.79 Å². The number of amides is 1. The summed E-state index contributed by atoms with van der Waals surface area (Å²) in [5, 5.41) is 6.34. The summed E-state index contributed by atoms with van der Waals surface area (Å²) in [5.74, 6) is 0. The number of hydrogen-bond acceptors (Lipinski definition) is 3. The second kappa shape index (κ2) is 5.58. The molecule has 120 valence electrons. The summed E-state index contributed by atoms with van der Waals surface area (Å²) in [6.07, 6.45) is 2.67. The molecule has 1 saturated heterocycles. The summed E-state index contributed by atoms with van der Waals surface area (Å²) in [6.45, 7) is 7.90. The number of benzene rings is 1. The van der Waals surface area contributed by atoms with Gasteiger partial charge in [0.2, 0.25) is 0 Å². The highest BCUT2D eigenvalue weighted by molar-refractivity contribution is 5.68. The van der Waals surface area contributed by atoms with Gasteiger partial charge in [-0.2, -0.15) is 0 Å². The maximum absolute atomic E-state index is 12.3. The minimum absolute atomic E-state index is 0.0597. The third kappa shape index (κ3) is 2.98. The van der Waals surface area contributed by atoms with Gasteiger partial charge in [-0.05, 0) is 64.3 Å². The molecule has 0 saturated carbocycles. The first-order valence-corrected chi connectivity index (χ1v) is 8.17. The van der Waals surface area contributed by atoms with Crippen molar-refractivity contribution in [3.63, 3.8) is 0 Å². The van der Waals surface area contributed by atoms with Gasteiger partial charge in [-0.25, -0.2) is 4.79 Å². The lowest BCUT2D eigenvalue weighted by Gasteiger charge is -2.39. The van der Waals surface area contributed by atoms with E-state index in [-0.39, 0.29) is 23.2 Å². The Balaban J connectivity index is 1.85. The van der Waals surface area contributed by atoms with E-state index in [0.29, 0.717) is 0 Å². The standard InChI is InChI=1S/C18H26N2O2/c1-17(2,3)20-16(21)22-15-14-7-5-4-6-13(14)12-18(15)8-10-19-11-9-18/h4-7,15,19H,8-12H2,1-3H3,(H,20,21)/t15-/m1/s1. The lowest BCUT2D eigenvalue weighted by Crippen LogP contribution is -2.45. The van der Waals surface area contributed by atoms with Crippen LogP contribution in [0.2, 0.25) is 0 Å². The Kier molecular flexibility index (Phi) is 3.89. The minimum atomic E-state index is -0.313. The molecule has 1 atom stereocenters. The van der Waals surface area contributed by atoms with Gasteiger partial charge in [0, 0.05) is 11.0 Å². The van der Waals surface area contributed by atoms with Crippen molar-refractivity contribution in [2.24, 2.45) is 5.41 Å². The number of piperidine rings is 1. The number of nitrogens with one attached hydrogen (secondary N) is 2. The van der Waals surface area contributed by atoms with Gasteiger partial charge >= 0.3 is 6.09 Å². The van der Waals surface area contributed by atoms with Gasteiger partial charge in [0.1, 0.15) is 6.10 Å². The zero-order valence-electron chi connectivity index (χ0n) is 13.7. The van der Waals surface area contributed by atoms with Gasteiger partial charge < -0.3 is 15.4 Å². The Labute approximate surface area is 132 Å². The Morgan fingerprint density at radius 3 is 2.64 bits per heavy atom. The zero-order chi connectivity index (χ0) is 15.8. The molecule has 1 fully saturated rings. The average molecular weight is 302 g/mol. The molecular weight excluding hydrogens is 276 g/mol. The van der Waals surface area contributed by atoms with Crippen LogP contribution in [0.25, 0.3) is 0 Å². The lowest BCUT2D eigenvalue weighted by molar-refractivity contribution is -0.00574. The van der Waals surface area contributed by atoms with Gasteiger partial charge in [0.25, 0.3) is 0 Å². The molecule has 1 aliphatic carbocycles. The molecule has 2 N–H and O–H groups in total. The highest BCUT2D eigenvalue weighted by Gasteiger charge is 2.48. The van der Waals surface area contributed by atoms with E-state index in [2.05, 4.69) is 28.8 Å². The third-order valence-electron chi connectivity index (χ3n) is 4.74. The van der Waals surface area contributed by atoms with Crippen molar-refractivity contribution in [2.75, 3.05) is 13.1 Å². The Hall–Kier alpha value is -1.55. The number of fused-ring (bicyclic) bond motifs is 1. The van der Waals surface area contributed by atoms with Crippen LogP contribution in [-0.4, -0.2) is 24.7 Å². The maximum atomic E-state index is 12.3. The first-order chi connectivity index (χ1) is 10.4. The molecule has 1 spiro atoms. The molecule has 1 amide bonds. The number of alkyl carbamates (subject to hydrolysis) is 1. The smallest absolute Gasteiger partial charge is 0.408 e. The summed E-state index contributed by atoms with van der Waals surface area (Å²) in [7, 11) is 0. The molecule has 1 aliphatic heterocycles. The summed E-state index contributed by atoms with van der Waals surface area (Å²) >= 11 is 0. The molecule has 4 nitrogen and oxygen atoms in total. The number of ether oxygens (including phenoxy) is 1. The van der Waals surface area contributed by atoms with Crippen molar-refractivity contribution in [3.8, 4) is 0 Å². The summed E-state index contributed by atoms with van der Waals surface area (Å²) in [5.41, 5.74) is 2.30. The van der Waals surface area contributed by atoms with E-state index in [0.717, 1.165) is 32.4 Å². The topological polar surface area (TPSA) is 50.4 Å². The average Bonchev–Trinajstić information content (AvgIpc) is 2.72. The molecule has 0 radical (unpaired) electrons. The second-order valence-electron chi connectivity index (χ2n) is 7.65. The van der Waals surface area contributed by atoms with Gasteiger partial charge in [0.15, 0.2) is 0 Å². The summed E-state index contributed by atoms with van der Waals surface area (Å²) < 4.78 is 5.93. The van der Waals surface area contributed by atoms with E-state index in [9.17, 15) is 4.79 Å². The Bertz CT molecular complexity index is 556. The molecule has 0 bridgehead atoms. The van der Waals surface area contributed by atoms with Gasteiger partial charge in [0.05, 0.1) is 0 Å². The maximum Gasteiger partial charge on any atom is 0.408 e. The van der Waals surface area contributed by atoms with Gasteiger partial charge in [-0.1, -0.05) is 24.3 Å².